The van der Waals surface area contributed by atoms with E-state index in [1.165, 1.54) is 44.9 Å². The normalized spacial score (nSPS) is 18.2. The second kappa shape index (κ2) is 7.29. The van der Waals surface area contributed by atoms with Gasteiger partial charge in [-0.05, 0) is 59.4 Å². The highest BCUT2D eigenvalue weighted by molar-refractivity contribution is 4.69. The van der Waals surface area contributed by atoms with Gasteiger partial charge in [0.15, 0.2) is 0 Å². The zero-order valence-corrected chi connectivity index (χ0v) is 11.3. The average molecular weight is 227 g/mol. The Bertz CT molecular complexity index is 168. The third kappa shape index (κ3) is 7.24. The Balaban J connectivity index is 1.81. The molecule has 96 valence electrons. The summed E-state index contributed by atoms with van der Waals surface area (Å²) in [4.78, 5) is 0. The molecule has 16 heavy (non-hydrogen) atoms. The Morgan fingerprint density at radius 1 is 1.06 bits per heavy atom. The first-order valence-corrected chi connectivity index (χ1v) is 6.94. The van der Waals surface area contributed by atoms with Crippen LogP contribution in [0, 0.1) is 0 Å². The van der Waals surface area contributed by atoms with Crippen molar-refractivity contribution in [2.75, 3.05) is 13.2 Å². The van der Waals surface area contributed by atoms with Crippen LogP contribution in [0.2, 0.25) is 0 Å². The molecule has 0 unspecified atom stereocenters. The first-order chi connectivity index (χ1) is 7.58. The third-order valence-corrected chi connectivity index (χ3v) is 3.13. The maximum absolute atomic E-state index is 5.83. The fourth-order valence-corrected chi connectivity index (χ4v) is 2.17. The molecule has 0 bridgehead atoms. The van der Waals surface area contributed by atoms with Gasteiger partial charge in [0, 0.05) is 12.1 Å². The first-order valence-electron chi connectivity index (χ1n) is 6.94. The van der Waals surface area contributed by atoms with Crippen molar-refractivity contribution in [1.82, 2.24) is 5.32 Å². The van der Waals surface area contributed by atoms with Crippen LogP contribution in [0.4, 0.5) is 0 Å². The fraction of sp³-hybridized carbons (Fsp3) is 1.00. The number of rotatable bonds is 7. The van der Waals surface area contributed by atoms with Crippen molar-refractivity contribution in [1.29, 1.82) is 0 Å². The van der Waals surface area contributed by atoms with E-state index in [9.17, 15) is 0 Å². The summed E-state index contributed by atoms with van der Waals surface area (Å²) in [5.74, 6) is 0. The molecule has 1 N–H and O–H groups in total. The van der Waals surface area contributed by atoms with E-state index in [1.54, 1.807) is 0 Å². The van der Waals surface area contributed by atoms with Crippen molar-refractivity contribution in [2.24, 2.45) is 0 Å². The van der Waals surface area contributed by atoms with Crippen LogP contribution in [0.15, 0.2) is 0 Å². The number of unbranched alkanes of at least 4 members (excludes halogenated alkanes) is 2. The van der Waals surface area contributed by atoms with E-state index in [-0.39, 0.29) is 5.54 Å². The summed E-state index contributed by atoms with van der Waals surface area (Å²) in [7, 11) is 0. The van der Waals surface area contributed by atoms with E-state index >= 15 is 0 Å². The van der Waals surface area contributed by atoms with E-state index in [0.29, 0.717) is 6.10 Å². The summed E-state index contributed by atoms with van der Waals surface area (Å²) in [6, 6.07) is 0. The van der Waals surface area contributed by atoms with Crippen LogP contribution < -0.4 is 5.32 Å². The minimum atomic E-state index is 0.264. The van der Waals surface area contributed by atoms with Gasteiger partial charge in [-0.2, -0.15) is 0 Å². The average Bonchev–Trinajstić information content (AvgIpc) is 2.67. The minimum Gasteiger partial charge on any atom is -0.378 e. The predicted octanol–water partition coefficient (Wildman–Crippen LogP) is 3.50. The molecule has 1 fully saturated rings. The van der Waals surface area contributed by atoms with Gasteiger partial charge in [-0.3, -0.25) is 0 Å². The molecule has 0 heterocycles. The van der Waals surface area contributed by atoms with Gasteiger partial charge in [-0.15, -0.1) is 0 Å². The Labute approximate surface area is 101 Å². The standard InChI is InChI=1S/C14H29NO/c1-14(2,3)15-11-7-4-8-12-16-13-9-5-6-10-13/h13,15H,4-12H2,1-3H3. The van der Waals surface area contributed by atoms with Crippen molar-refractivity contribution < 1.29 is 4.74 Å². The van der Waals surface area contributed by atoms with Crippen molar-refractivity contribution in [3.8, 4) is 0 Å². The van der Waals surface area contributed by atoms with Crippen LogP contribution in [0.1, 0.15) is 65.7 Å². The van der Waals surface area contributed by atoms with Gasteiger partial charge in [-0.1, -0.05) is 12.8 Å². The zero-order valence-electron chi connectivity index (χ0n) is 11.3. The van der Waals surface area contributed by atoms with Gasteiger partial charge >= 0.3 is 0 Å². The first kappa shape index (κ1) is 14.0. The summed E-state index contributed by atoms with van der Waals surface area (Å²) in [5.41, 5.74) is 0.264. The second-order valence-corrected chi connectivity index (χ2v) is 6.01. The molecule has 2 nitrogen and oxygen atoms in total. The predicted molar refractivity (Wildman–Crippen MR) is 69.8 cm³/mol. The van der Waals surface area contributed by atoms with E-state index in [2.05, 4.69) is 26.1 Å². The molecular weight excluding hydrogens is 198 g/mol. The highest BCUT2D eigenvalue weighted by Crippen LogP contribution is 2.21. The molecule has 0 aromatic carbocycles. The Morgan fingerprint density at radius 2 is 1.75 bits per heavy atom. The largest absolute Gasteiger partial charge is 0.378 e. The Hall–Kier alpha value is -0.0800. The van der Waals surface area contributed by atoms with Gasteiger partial charge in [0.2, 0.25) is 0 Å². The molecule has 1 saturated carbocycles. The van der Waals surface area contributed by atoms with Crippen molar-refractivity contribution >= 4 is 0 Å². The lowest BCUT2D eigenvalue weighted by Gasteiger charge is -2.20. The lowest BCUT2D eigenvalue weighted by molar-refractivity contribution is 0.0557. The van der Waals surface area contributed by atoms with Crippen molar-refractivity contribution in [3.63, 3.8) is 0 Å². The van der Waals surface area contributed by atoms with Gasteiger partial charge < -0.3 is 10.1 Å². The summed E-state index contributed by atoms with van der Waals surface area (Å²) >= 11 is 0. The molecular formula is C14H29NO. The van der Waals surface area contributed by atoms with Gasteiger partial charge in [-0.25, -0.2) is 0 Å². The molecule has 0 saturated heterocycles. The molecule has 0 amide bonds. The van der Waals surface area contributed by atoms with Crippen LogP contribution >= 0.6 is 0 Å². The molecule has 0 aromatic heterocycles. The zero-order chi connectivity index (χ0) is 11.9. The van der Waals surface area contributed by atoms with E-state index < -0.39 is 0 Å². The number of ether oxygens (including phenoxy) is 1. The minimum absolute atomic E-state index is 0.264. The van der Waals surface area contributed by atoms with Gasteiger partial charge in [0.1, 0.15) is 0 Å². The van der Waals surface area contributed by atoms with Crippen molar-refractivity contribution in [2.45, 2.75) is 77.4 Å². The van der Waals surface area contributed by atoms with Crippen LogP contribution in [0.3, 0.4) is 0 Å². The van der Waals surface area contributed by atoms with Crippen LogP contribution in [-0.2, 0) is 4.74 Å². The van der Waals surface area contributed by atoms with E-state index in [4.69, 9.17) is 4.74 Å². The molecule has 0 atom stereocenters. The summed E-state index contributed by atoms with van der Waals surface area (Å²) < 4.78 is 5.83. The molecule has 0 aliphatic heterocycles. The molecule has 1 rings (SSSR count). The lowest BCUT2D eigenvalue weighted by Crippen LogP contribution is -2.36. The molecule has 1 aliphatic rings. The summed E-state index contributed by atoms with van der Waals surface area (Å²) in [5, 5.41) is 3.51. The van der Waals surface area contributed by atoms with Crippen LogP contribution in [0.25, 0.3) is 0 Å². The van der Waals surface area contributed by atoms with Crippen molar-refractivity contribution in [3.05, 3.63) is 0 Å². The van der Waals surface area contributed by atoms with Crippen LogP contribution in [-0.4, -0.2) is 24.8 Å². The maximum Gasteiger partial charge on any atom is 0.0575 e. The SMILES string of the molecule is CC(C)(C)NCCCCCOC1CCCC1. The smallest absolute Gasteiger partial charge is 0.0575 e. The molecule has 1 aliphatic carbocycles. The van der Waals surface area contributed by atoms with Gasteiger partial charge in [0.25, 0.3) is 0 Å². The topological polar surface area (TPSA) is 21.3 Å². The lowest BCUT2D eigenvalue weighted by atomic mass is 10.1. The van der Waals surface area contributed by atoms with E-state index in [0.717, 1.165) is 13.2 Å². The molecule has 2 heteroatoms. The van der Waals surface area contributed by atoms with Gasteiger partial charge in [0.05, 0.1) is 6.10 Å². The third-order valence-electron chi connectivity index (χ3n) is 3.13. The summed E-state index contributed by atoms with van der Waals surface area (Å²) in [6.07, 6.45) is 9.72. The summed E-state index contributed by atoms with van der Waals surface area (Å²) in [6.45, 7) is 8.76. The highest BCUT2D eigenvalue weighted by atomic mass is 16.5. The number of hydrogen-bond donors (Lipinski definition) is 1. The number of hydrogen-bond acceptors (Lipinski definition) is 2. The second-order valence-electron chi connectivity index (χ2n) is 6.01. The molecule has 0 spiro atoms. The van der Waals surface area contributed by atoms with E-state index in [1.807, 2.05) is 0 Å². The Morgan fingerprint density at radius 3 is 2.38 bits per heavy atom. The monoisotopic (exact) mass is 227 g/mol. The quantitative estimate of drug-likeness (QED) is 0.672. The van der Waals surface area contributed by atoms with Crippen LogP contribution in [0.5, 0.6) is 0 Å². The number of nitrogens with one attached hydrogen (secondary N) is 1. The fourth-order valence-electron chi connectivity index (χ4n) is 2.17. The Kier molecular flexibility index (Phi) is 6.37. The maximum atomic E-state index is 5.83. The highest BCUT2D eigenvalue weighted by Gasteiger charge is 2.14. The molecule has 0 radical (unpaired) electrons. The molecule has 0 aromatic rings.